The Morgan fingerprint density at radius 3 is 2.59 bits per heavy atom. The van der Waals surface area contributed by atoms with Crippen LogP contribution in [0, 0.1) is 6.92 Å². The summed E-state index contributed by atoms with van der Waals surface area (Å²) >= 11 is 6.10. The molecule has 0 unspecified atom stereocenters. The van der Waals surface area contributed by atoms with Crippen LogP contribution in [0.1, 0.15) is 11.5 Å². The van der Waals surface area contributed by atoms with Gasteiger partial charge in [-0.15, -0.1) is 0 Å². The average Bonchev–Trinajstić information content (AvgIpc) is 3.09. The van der Waals surface area contributed by atoms with Crippen LogP contribution in [0.3, 0.4) is 0 Å². The van der Waals surface area contributed by atoms with Gasteiger partial charge in [-0.1, -0.05) is 17.7 Å². The third-order valence-corrected chi connectivity index (χ3v) is 7.23. The van der Waals surface area contributed by atoms with Crippen LogP contribution in [-0.2, 0) is 16.6 Å². The van der Waals surface area contributed by atoms with Crippen LogP contribution in [0.5, 0.6) is 5.75 Å². The van der Waals surface area contributed by atoms with Gasteiger partial charge >= 0.3 is 0 Å². The highest BCUT2D eigenvalue weighted by Crippen LogP contribution is 2.29. The van der Waals surface area contributed by atoms with Gasteiger partial charge in [0, 0.05) is 26.2 Å². The van der Waals surface area contributed by atoms with E-state index in [9.17, 15) is 8.42 Å². The number of methoxy groups -OCH3 is 1. The summed E-state index contributed by atoms with van der Waals surface area (Å²) in [6.45, 7) is 4.55. The van der Waals surface area contributed by atoms with Gasteiger partial charge in [0.25, 0.3) is 0 Å². The van der Waals surface area contributed by atoms with E-state index in [1.165, 1.54) is 23.5 Å². The maximum absolute atomic E-state index is 12.9. The number of hydrogen-bond acceptors (Lipinski definition) is 6. The van der Waals surface area contributed by atoms with Gasteiger partial charge in [0.05, 0.1) is 23.6 Å². The van der Waals surface area contributed by atoms with Crippen LogP contribution >= 0.6 is 11.6 Å². The van der Waals surface area contributed by atoms with E-state index in [0.29, 0.717) is 44.4 Å². The molecule has 0 saturated carbocycles. The summed E-state index contributed by atoms with van der Waals surface area (Å²) in [7, 11) is -2.11. The third kappa shape index (κ3) is 4.11. The van der Waals surface area contributed by atoms with Crippen molar-refractivity contribution in [2.24, 2.45) is 0 Å². The SMILES string of the molecule is COc1ccc(S(=O)(=O)N2CCN(Cc3nc4cc(C)ccc4o3)CC2)cc1Cl. The predicted octanol–water partition coefficient (Wildman–Crippen LogP) is 3.30. The van der Waals surface area contributed by atoms with Crippen molar-refractivity contribution in [1.29, 1.82) is 0 Å². The van der Waals surface area contributed by atoms with Crippen molar-refractivity contribution < 1.29 is 17.6 Å². The Kier molecular flexibility index (Phi) is 5.52. The molecule has 154 valence electrons. The lowest BCUT2D eigenvalue weighted by atomic mass is 10.2. The Labute approximate surface area is 174 Å². The molecule has 0 atom stereocenters. The van der Waals surface area contributed by atoms with Gasteiger partial charge in [-0.2, -0.15) is 4.31 Å². The highest BCUT2D eigenvalue weighted by atomic mass is 35.5. The summed E-state index contributed by atoms with van der Waals surface area (Å²) < 4.78 is 38.3. The minimum atomic E-state index is -3.60. The molecule has 9 heteroatoms. The quantitative estimate of drug-likeness (QED) is 0.612. The van der Waals surface area contributed by atoms with Gasteiger partial charge in [0.2, 0.25) is 15.9 Å². The average molecular weight is 436 g/mol. The Bertz CT molecular complexity index is 1140. The number of piperazine rings is 1. The number of hydrogen-bond donors (Lipinski definition) is 0. The van der Waals surface area contributed by atoms with Gasteiger partial charge in [0.1, 0.15) is 11.3 Å². The van der Waals surface area contributed by atoms with Crippen molar-refractivity contribution in [3.63, 3.8) is 0 Å². The molecule has 1 aliphatic rings. The lowest BCUT2D eigenvalue weighted by Gasteiger charge is -2.33. The number of benzene rings is 2. The molecule has 2 heterocycles. The van der Waals surface area contributed by atoms with Crippen LogP contribution in [0.2, 0.25) is 5.02 Å². The number of halogens is 1. The molecule has 4 rings (SSSR count). The van der Waals surface area contributed by atoms with E-state index in [0.717, 1.165) is 16.7 Å². The highest BCUT2D eigenvalue weighted by Gasteiger charge is 2.29. The fourth-order valence-corrected chi connectivity index (χ4v) is 5.20. The lowest BCUT2D eigenvalue weighted by molar-refractivity contribution is 0.169. The van der Waals surface area contributed by atoms with E-state index in [-0.39, 0.29) is 9.92 Å². The van der Waals surface area contributed by atoms with Gasteiger partial charge < -0.3 is 9.15 Å². The maximum Gasteiger partial charge on any atom is 0.243 e. The normalized spacial score (nSPS) is 16.4. The van der Waals surface area contributed by atoms with Crippen molar-refractivity contribution in [3.05, 3.63) is 52.9 Å². The van der Waals surface area contributed by atoms with E-state index < -0.39 is 10.0 Å². The first kappa shape index (κ1) is 20.2. The third-order valence-electron chi connectivity index (χ3n) is 5.04. The Morgan fingerprint density at radius 1 is 1.14 bits per heavy atom. The molecule has 1 fully saturated rings. The van der Waals surface area contributed by atoms with Gasteiger partial charge in [0.15, 0.2) is 5.58 Å². The predicted molar refractivity (Wildman–Crippen MR) is 111 cm³/mol. The number of aryl methyl sites for hydroxylation is 1. The molecule has 0 bridgehead atoms. The molecule has 0 radical (unpaired) electrons. The second-order valence-corrected chi connectivity index (χ2v) is 9.40. The van der Waals surface area contributed by atoms with E-state index in [1.54, 1.807) is 6.07 Å². The smallest absolute Gasteiger partial charge is 0.243 e. The van der Waals surface area contributed by atoms with Crippen molar-refractivity contribution in [1.82, 2.24) is 14.2 Å². The molecule has 29 heavy (non-hydrogen) atoms. The summed E-state index contributed by atoms with van der Waals surface area (Å²) in [5, 5.41) is 0.276. The topological polar surface area (TPSA) is 75.9 Å². The zero-order chi connectivity index (χ0) is 20.6. The Morgan fingerprint density at radius 2 is 1.90 bits per heavy atom. The lowest BCUT2D eigenvalue weighted by Crippen LogP contribution is -2.48. The number of aromatic nitrogens is 1. The first-order valence-electron chi connectivity index (χ1n) is 9.29. The van der Waals surface area contributed by atoms with Crippen LogP contribution in [0.25, 0.3) is 11.1 Å². The molecule has 0 spiro atoms. The maximum atomic E-state index is 12.9. The molecule has 1 aliphatic heterocycles. The molecule has 0 amide bonds. The monoisotopic (exact) mass is 435 g/mol. The molecule has 1 saturated heterocycles. The molecule has 1 aromatic heterocycles. The molecule has 0 aliphatic carbocycles. The van der Waals surface area contributed by atoms with Crippen LogP contribution in [-0.4, -0.2) is 55.9 Å². The minimum Gasteiger partial charge on any atom is -0.495 e. The number of ether oxygens (including phenoxy) is 1. The largest absolute Gasteiger partial charge is 0.495 e. The van der Waals surface area contributed by atoms with Crippen molar-refractivity contribution in [3.8, 4) is 5.75 Å². The standard InChI is InChI=1S/C20H22ClN3O4S/c1-14-3-5-19-17(11-14)22-20(28-19)13-23-7-9-24(10-8-23)29(25,26)15-4-6-18(27-2)16(21)12-15/h3-6,11-12H,7-10,13H2,1-2H3. The zero-order valence-electron chi connectivity index (χ0n) is 16.3. The second-order valence-electron chi connectivity index (χ2n) is 7.06. The summed E-state index contributed by atoms with van der Waals surface area (Å²) in [5.74, 6) is 1.09. The number of oxazole rings is 1. The molecular formula is C20H22ClN3O4S. The van der Waals surface area contributed by atoms with Crippen LogP contribution < -0.4 is 4.74 Å². The number of fused-ring (bicyclic) bond motifs is 1. The summed E-state index contributed by atoms with van der Waals surface area (Å²) in [4.78, 5) is 6.86. The first-order chi connectivity index (χ1) is 13.9. The van der Waals surface area contributed by atoms with E-state index in [1.807, 2.05) is 25.1 Å². The van der Waals surface area contributed by atoms with Crippen LogP contribution in [0.4, 0.5) is 0 Å². The zero-order valence-corrected chi connectivity index (χ0v) is 17.8. The molecule has 2 aromatic carbocycles. The first-order valence-corrected chi connectivity index (χ1v) is 11.1. The fourth-order valence-electron chi connectivity index (χ4n) is 3.43. The van der Waals surface area contributed by atoms with Gasteiger partial charge in [-0.05, 0) is 42.8 Å². The summed E-state index contributed by atoms with van der Waals surface area (Å²) in [5.41, 5.74) is 2.75. The minimum absolute atomic E-state index is 0.172. The summed E-state index contributed by atoms with van der Waals surface area (Å²) in [6.07, 6.45) is 0. The van der Waals surface area contributed by atoms with Gasteiger partial charge in [-0.3, -0.25) is 4.90 Å². The molecular weight excluding hydrogens is 414 g/mol. The van der Waals surface area contributed by atoms with E-state index >= 15 is 0 Å². The Balaban J connectivity index is 1.42. The fraction of sp³-hybridized carbons (Fsp3) is 0.350. The highest BCUT2D eigenvalue weighted by molar-refractivity contribution is 7.89. The second kappa shape index (κ2) is 7.95. The number of rotatable bonds is 5. The van der Waals surface area contributed by atoms with Crippen molar-refractivity contribution in [2.75, 3.05) is 33.3 Å². The number of nitrogens with zero attached hydrogens (tertiary/aromatic N) is 3. The van der Waals surface area contributed by atoms with Crippen molar-refractivity contribution >= 4 is 32.7 Å². The van der Waals surface area contributed by atoms with E-state index in [2.05, 4.69) is 9.88 Å². The van der Waals surface area contributed by atoms with Crippen LogP contribution in [0.15, 0.2) is 45.7 Å². The summed E-state index contributed by atoms with van der Waals surface area (Å²) in [6, 6.07) is 10.4. The molecule has 7 nitrogen and oxygen atoms in total. The molecule has 0 N–H and O–H groups in total. The number of sulfonamides is 1. The van der Waals surface area contributed by atoms with Crippen molar-refractivity contribution in [2.45, 2.75) is 18.4 Å². The Hall–Kier alpha value is -2.13. The van der Waals surface area contributed by atoms with E-state index in [4.69, 9.17) is 20.8 Å². The van der Waals surface area contributed by atoms with Gasteiger partial charge in [-0.25, -0.2) is 13.4 Å². The molecule has 3 aromatic rings.